The normalized spacial score (nSPS) is 14.0. The van der Waals surface area contributed by atoms with Gasteiger partial charge in [-0.2, -0.15) is 0 Å². The van der Waals surface area contributed by atoms with E-state index in [0.717, 1.165) is 11.7 Å². The highest BCUT2D eigenvalue weighted by Gasteiger charge is 2.49. The summed E-state index contributed by atoms with van der Waals surface area (Å²) in [7, 11) is -1.74. The van der Waals surface area contributed by atoms with Crippen LogP contribution in [-0.4, -0.2) is 16.9 Å². The number of hydrogen-bond acceptors (Lipinski definition) is 1. The second-order valence-corrected chi connectivity index (χ2v) is 10.7. The van der Waals surface area contributed by atoms with Crippen LogP contribution in [0.4, 0.5) is 0 Å². The molecule has 3 aromatic carbocycles. The monoisotopic (exact) mass is 349 g/mol. The van der Waals surface area contributed by atoms with E-state index in [2.05, 4.69) is 74.5 Å². The van der Waals surface area contributed by atoms with Crippen LogP contribution in [0.3, 0.4) is 0 Å². The molecule has 1 nitrogen and oxygen atoms in total. The maximum atomic E-state index is 11.2. The molecule has 0 aromatic heterocycles. The summed E-state index contributed by atoms with van der Waals surface area (Å²) >= 11 is 0. The topological polar surface area (TPSA) is 20.2 Å². The van der Waals surface area contributed by atoms with Crippen LogP contribution in [0, 0.1) is 0 Å². The highest BCUT2D eigenvalue weighted by Crippen LogP contribution is 2.63. The molecular formula is C23H26OP+. The van der Waals surface area contributed by atoms with Gasteiger partial charge in [0.1, 0.15) is 11.8 Å². The molecule has 0 bridgehead atoms. The Labute approximate surface area is 151 Å². The molecular weight excluding hydrogens is 323 g/mol. The quantitative estimate of drug-likeness (QED) is 0.634. The summed E-state index contributed by atoms with van der Waals surface area (Å²) in [5, 5.41) is 13.9. The fraction of sp³-hybridized carbons (Fsp3) is 0.217. The van der Waals surface area contributed by atoms with Crippen molar-refractivity contribution in [2.75, 3.05) is 6.16 Å². The molecule has 25 heavy (non-hydrogen) atoms. The molecule has 0 saturated heterocycles. The third-order valence-corrected chi connectivity index (χ3v) is 10.3. The van der Waals surface area contributed by atoms with E-state index >= 15 is 0 Å². The van der Waals surface area contributed by atoms with Gasteiger partial charge in [0.25, 0.3) is 0 Å². The van der Waals surface area contributed by atoms with Crippen molar-refractivity contribution in [1.82, 2.24) is 0 Å². The molecule has 0 aliphatic carbocycles. The van der Waals surface area contributed by atoms with Gasteiger partial charge in [-0.1, -0.05) is 66.7 Å². The predicted octanol–water partition coefficient (Wildman–Crippen LogP) is 4.80. The lowest BCUT2D eigenvalue weighted by Crippen LogP contribution is -2.35. The summed E-state index contributed by atoms with van der Waals surface area (Å²) in [6.07, 6.45) is 0.557. The van der Waals surface area contributed by atoms with E-state index in [1.54, 1.807) is 0 Å². The van der Waals surface area contributed by atoms with Crippen molar-refractivity contribution in [3.8, 4) is 0 Å². The maximum Gasteiger partial charge on any atom is 0.116 e. The van der Waals surface area contributed by atoms with E-state index in [1.807, 2.05) is 30.3 Å². The average molecular weight is 349 g/mol. The number of hydrogen-bond donors (Lipinski definition) is 1. The number of rotatable bonds is 6. The van der Waals surface area contributed by atoms with E-state index in [0.29, 0.717) is 0 Å². The summed E-state index contributed by atoms with van der Waals surface area (Å²) in [5.41, 5.74) is 1.14. The molecule has 0 heterocycles. The minimum absolute atomic E-state index is 0.143. The van der Waals surface area contributed by atoms with Crippen LogP contribution in [0.5, 0.6) is 0 Å². The SMILES string of the molecule is CC[P+](c1ccccc1)(c1ccccc1)[C@H](C)[C@@H](O)c1ccccc1. The summed E-state index contributed by atoms with van der Waals surface area (Å²) < 4.78 is 0. The third kappa shape index (κ3) is 3.40. The van der Waals surface area contributed by atoms with E-state index in [-0.39, 0.29) is 5.66 Å². The standard InChI is InChI=1S/C23H26OP/c1-3-25(21-15-9-5-10-16-21,22-17-11-6-12-18-22)19(2)23(24)20-13-7-4-8-14-20/h4-19,23-24H,3H2,1-2H3/q+1/t19-,23-/m1/s1. The molecule has 0 amide bonds. The van der Waals surface area contributed by atoms with Gasteiger partial charge in [0.2, 0.25) is 0 Å². The molecule has 0 radical (unpaired) electrons. The Balaban J connectivity index is 2.14. The lowest BCUT2D eigenvalue weighted by molar-refractivity contribution is 0.177. The van der Waals surface area contributed by atoms with Gasteiger partial charge in [0, 0.05) is 0 Å². The van der Waals surface area contributed by atoms with Crippen LogP contribution in [0.1, 0.15) is 25.5 Å². The number of aliphatic hydroxyl groups excluding tert-OH is 1. The van der Waals surface area contributed by atoms with Gasteiger partial charge >= 0.3 is 0 Å². The van der Waals surface area contributed by atoms with Crippen LogP contribution in [-0.2, 0) is 0 Å². The van der Waals surface area contributed by atoms with Crippen LogP contribution < -0.4 is 10.6 Å². The molecule has 0 fully saturated rings. The first-order chi connectivity index (χ1) is 12.2. The predicted molar refractivity (Wildman–Crippen MR) is 110 cm³/mol. The lowest BCUT2D eigenvalue weighted by atomic mass is 10.1. The Hall–Kier alpha value is -1.95. The summed E-state index contributed by atoms with van der Waals surface area (Å²) in [5.74, 6) is 0. The van der Waals surface area contributed by atoms with Gasteiger partial charge in [-0.3, -0.25) is 0 Å². The summed E-state index contributed by atoms with van der Waals surface area (Å²) in [6, 6.07) is 31.6. The Kier molecular flexibility index (Phi) is 5.68. The van der Waals surface area contributed by atoms with Crippen molar-refractivity contribution in [2.45, 2.75) is 25.6 Å². The fourth-order valence-electron chi connectivity index (χ4n) is 3.83. The van der Waals surface area contributed by atoms with Crippen molar-refractivity contribution in [3.63, 3.8) is 0 Å². The van der Waals surface area contributed by atoms with Gasteiger partial charge in [-0.25, -0.2) is 0 Å². The molecule has 2 heteroatoms. The molecule has 0 aliphatic rings. The molecule has 3 rings (SSSR count). The molecule has 1 N–H and O–H groups in total. The number of benzene rings is 3. The first kappa shape index (κ1) is 17.9. The van der Waals surface area contributed by atoms with Crippen LogP contribution >= 0.6 is 7.26 Å². The lowest BCUT2D eigenvalue weighted by Gasteiger charge is -2.34. The van der Waals surface area contributed by atoms with Crippen molar-refractivity contribution >= 4 is 17.9 Å². The van der Waals surface area contributed by atoms with E-state index < -0.39 is 13.4 Å². The van der Waals surface area contributed by atoms with Crippen LogP contribution in [0.25, 0.3) is 0 Å². The van der Waals surface area contributed by atoms with Crippen LogP contribution in [0.15, 0.2) is 91.0 Å². The minimum atomic E-state index is -1.74. The number of aliphatic hydroxyl groups is 1. The Morgan fingerprint density at radius 1 is 0.720 bits per heavy atom. The molecule has 0 saturated carbocycles. The smallest absolute Gasteiger partial charge is 0.116 e. The van der Waals surface area contributed by atoms with E-state index in [9.17, 15) is 5.11 Å². The molecule has 128 valence electrons. The molecule has 0 spiro atoms. The minimum Gasteiger partial charge on any atom is -0.384 e. The highest BCUT2D eigenvalue weighted by molar-refractivity contribution is 7.90. The van der Waals surface area contributed by atoms with E-state index in [4.69, 9.17) is 0 Å². The first-order valence-electron chi connectivity index (χ1n) is 8.92. The van der Waals surface area contributed by atoms with Crippen molar-refractivity contribution < 1.29 is 5.11 Å². The molecule has 0 unspecified atom stereocenters. The second kappa shape index (κ2) is 7.95. The van der Waals surface area contributed by atoms with Crippen molar-refractivity contribution in [3.05, 3.63) is 96.6 Å². The molecule has 0 aliphatic heterocycles. The highest BCUT2D eigenvalue weighted by atomic mass is 31.2. The average Bonchev–Trinajstić information content (AvgIpc) is 2.70. The Morgan fingerprint density at radius 3 is 1.52 bits per heavy atom. The zero-order valence-corrected chi connectivity index (χ0v) is 15.8. The zero-order valence-electron chi connectivity index (χ0n) is 14.9. The van der Waals surface area contributed by atoms with E-state index in [1.165, 1.54) is 10.6 Å². The largest absolute Gasteiger partial charge is 0.384 e. The third-order valence-electron chi connectivity index (χ3n) is 5.23. The van der Waals surface area contributed by atoms with Gasteiger partial charge < -0.3 is 5.11 Å². The van der Waals surface area contributed by atoms with Crippen LogP contribution in [0.2, 0.25) is 0 Å². The zero-order chi connectivity index (χ0) is 17.7. The van der Waals surface area contributed by atoms with Gasteiger partial charge in [0.05, 0.1) is 24.0 Å². The maximum absolute atomic E-state index is 11.2. The van der Waals surface area contributed by atoms with Gasteiger partial charge in [-0.15, -0.1) is 0 Å². The molecule has 3 aromatic rings. The first-order valence-corrected chi connectivity index (χ1v) is 11.0. The van der Waals surface area contributed by atoms with Crippen molar-refractivity contribution in [2.24, 2.45) is 0 Å². The Bertz CT molecular complexity index is 731. The van der Waals surface area contributed by atoms with Crippen molar-refractivity contribution in [1.29, 1.82) is 0 Å². The fourth-order valence-corrected chi connectivity index (χ4v) is 8.44. The summed E-state index contributed by atoms with van der Waals surface area (Å²) in [4.78, 5) is 0. The van der Waals surface area contributed by atoms with Gasteiger partial charge in [-0.05, 0) is 43.7 Å². The Morgan fingerprint density at radius 2 is 1.12 bits per heavy atom. The second-order valence-electron chi connectivity index (χ2n) is 6.45. The summed E-state index contributed by atoms with van der Waals surface area (Å²) in [6.45, 7) is 4.48. The van der Waals surface area contributed by atoms with Gasteiger partial charge in [0.15, 0.2) is 0 Å². The molecule has 2 atom stereocenters.